The maximum Gasteiger partial charge on any atom is 0.115 e. The number of rotatable bonds is 5. The standard InChI is InChI=1S/C18H30N2O/c1-5-18(4)13-20(16(11-19-18)9-14(2)3)12-15-7-6-8-17(21)10-15/h6-8,10,14,16,19,21H,5,9,11-13H2,1-4H3. The van der Waals surface area contributed by atoms with Crippen molar-refractivity contribution in [2.24, 2.45) is 5.92 Å². The van der Waals surface area contributed by atoms with Gasteiger partial charge in [-0.1, -0.05) is 32.9 Å². The number of benzene rings is 1. The second kappa shape index (κ2) is 6.80. The van der Waals surface area contributed by atoms with Crippen molar-refractivity contribution in [1.82, 2.24) is 10.2 Å². The summed E-state index contributed by atoms with van der Waals surface area (Å²) in [6.45, 7) is 12.2. The lowest BCUT2D eigenvalue weighted by Crippen LogP contribution is -2.62. The molecular formula is C18H30N2O. The number of piperazine rings is 1. The van der Waals surface area contributed by atoms with Gasteiger partial charge in [0.25, 0.3) is 0 Å². The third-order valence-corrected chi connectivity index (χ3v) is 4.65. The number of nitrogens with zero attached hydrogens (tertiary/aromatic N) is 1. The first-order valence-electron chi connectivity index (χ1n) is 8.19. The molecule has 0 amide bonds. The first-order valence-corrected chi connectivity index (χ1v) is 8.19. The topological polar surface area (TPSA) is 35.5 Å². The van der Waals surface area contributed by atoms with Crippen molar-refractivity contribution in [3.8, 4) is 5.75 Å². The van der Waals surface area contributed by atoms with Gasteiger partial charge in [0.2, 0.25) is 0 Å². The van der Waals surface area contributed by atoms with Crippen LogP contribution in [-0.4, -0.2) is 34.7 Å². The number of phenols is 1. The van der Waals surface area contributed by atoms with Gasteiger partial charge < -0.3 is 10.4 Å². The molecule has 0 radical (unpaired) electrons. The van der Waals surface area contributed by atoms with Gasteiger partial charge in [0.05, 0.1) is 0 Å². The molecule has 1 aliphatic rings. The summed E-state index contributed by atoms with van der Waals surface area (Å²) in [4.78, 5) is 2.59. The van der Waals surface area contributed by atoms with Crippen molar-refractivity contribution < 1.29 is 5.11 Å². The molecular weight excluding hydrogens is 260 g/mol. The molecule has 1 aliphatic heterocycles. The molecule has 1 aromatic carbocycles. The van der Waals surface area contributed by atoms with Crippen LogP contribution in [0.3, 0.4) is 0 Å². The molecule has 3 nitrogen and oxygen atoms in total. The fourth-order valence-electron chi connectivity index (χ4n) is 3.21. The third kappa shape index (κ3) is 4.45. The van der Waals surface area contributed by atoms with E-state index < -0.39 is 0 Å². The predicted molar refractivity (Wildman–Crippen MR) is 88.5 cm³/mol. The van der Waals surface area contributed by atoms with Gasteiger partial charge in [-0.3, -0.25) is 4.90 Å². The highest BCUT2D eigenvalue weighted by Gasteiger charge is 2.34. The van der Waals surface area contributed by atoms with E-state index in [0.29, 0.717) is 17.7 Å². The average Bonchev–Trinajstić information content (AvgIpc) is 2.42. The molecule has 0 saturated carbocycles. The van der Waals surface area contributed by atoms with Crippen LogP contribution in [0.4, 0.5) is 0 Å². The van der Waals surface area contributed by atoms with Crippen LogP contribution in [0.25, 0.3) is 0 Å². The minimum absolute atomic E-state index is 0.199. The van der Waals surface area contributed by atoms with Crippen molar-refractivity contribution in [2.45, 2.75) is 58.7 Å². The molecule has 3 heteroatoms. The van der Waals surface area contributed by atoms with Crippen LogP contribution in [0.5, 0.6) is 5.75 Å². The predicted octanol–water partition coefficient (Wildman–Crippen LogP) is 3.38. The zero-order valence-electron chi connectivity index (χ0n) is 13.9. The van der Waals surface area contributed by atoms with Crippen LogP contribution in [0.15, 0.2) is 24.3 Å². The Morgan fingerprint density at radius 1 is 1.43 bits per heavy atom. The van der Waals surface area contributed by atoms with Crippen molar-refractivity contribution in [2.75, 3.05) is 13.1 Å². The molecule has 0 aliphatic carbocycles. The van der Waals surface area contributed by atoms with E-state index in [4.69, 9.17) is 0 Å². The average molecular weight is 290 g/mol. The summed E-state index contributed by atoms with van der Waals surface area (Å²) < 4.78 is 0. The zero-order chi connectivity index (χ0) is 15.5. The first-order chi connectivity index (χ1) is 9.92. The summed E-state index contributed by atoms with van der Waals surface area (Å²) in [5.41, 5.74) is 1.40. The lowest BCUT2D eigenvalue weighted by atomic mass is 9.90. The van der Waals surface area contributed by atoms with Crippen LogP contribution >= 0.6 is 0 Å². The Hall–Kier alpha value is -1.06. The van der Waals surface area contributed by atoms with Gasteiger partial charge in [-0.15, -0.1) is 0 Å². The number of hydrogen-bond acceptors (Lipinski definition) is 3. The molecule has 1 saturated heterocycles. The first kappa shape index (κ1) is 16.3. The second-order valence-corrected chi connectivity index (χ2v) is 7.15. The van der Waals surface area contributed by atoms with Gasteiger partial charge in [-0.05, 0) is 43.4 Å². The highest BCUT2D eigenvalue weighted by molar-refractivity contribution is 5.27. The summed E-state index contributed by atoms with van der Waals surface area (Å²) in [6, 6.07) is 8.24. The van der Waals surface area contributed by atoms with Crippen LogP contribution < -0.4 is 5.32 Å². The molecule has 118 valence electrons. The number of aromatic hydroxyl groups is 1. The van der Waals surface area contributed by atoms with Crippen LogP contribution in [0, 0.1) is 5.92 Å². The van der Waals surface area contributed by atoms with Crippen LogP contribution in [-0.2, 0) is 6.54 Å². The lowest BCUT2D eigenvalue weighted by molar-refractivity contribution is 0.0664. The zero-order valence-corrected chi connectivity index (χ0v) is 13.9. The van der Waals surface area contributed by atoms with Gasteiger partial charge in [-0.2, -0.15) is 0 Å². The lowest BCUT2D eigenvalue weighted by Gasteiger charge is -2.46. The van der Waals surface area contributed by atoms with E-state index in [0.717, 1.165) is 26.1 Å². The molecule has 0 bridgehead atoms. The van der Waals surface area contributed by atoms with E-state index in [1.54, 1.807) is 6.07 Å². The number of phenolic OH excluding ortho intramolecular Hbond substituents is 1. The Morgan fingerprint density at radius 2 is 2.19 bits per heavy atom. The maximum absolute atomic E-state index is 9.67. The molecule has 0 spiro atoms. The fraction of sp³-hybridized carbons (Fsp3) is 0.667. The largest absolute Gasteiger partial charge is 0.508 e. The van der Waals surface area contributed by atoms with Crippen molar-refractivity contribution >= 4 is 0 Å². The summed E-state index contributed by atoms with van der Waals surface area (Å²) in [5.74, 6) is 1.07. The van der Waals surface area contributed by atoms with E-state index >= 15 is 0 Å². The maximum atomic E-state index is 9.67. The minimum atomic E-state index is 0.199. The SMILES string of the molecule is CCC1(C)CN(Cc2cccc(O)c2)C(CC(C)C)CN1. The van der Waals surface area contributed by atoms with E-state index in [1.807, 2.05) is 12.1 Å². The molecule has 2 atom stereocenters. The van der Waals surface area contributed by atoms with E-state index in [1.165, 1.54) is 12.0 Å². The molecule has 1 fully saturated rings. The van der Waals surface area contributed by atoms with E-state index in [-0.39, 0.29) is 5.54 Å². The number of nitrogens with one attached hydrogen (secondary N) is 1. The molecule has 1 heterocycles. The summed E-state index contributed by atoms with van der Waals surface area (Å²) in [5, 5.41) is 13.4. The van der Waals surface area contributed by atoms with Crippen LogP contribution in [0.1, 0.15) is 46.1 Å². The van der Waals surface area contributed by atoms with Gasteiger partial charge in [0.1, 0.15) is 5.75 Å². The van der Waals surface area contributed by atoms with E-state index in [2.05, 4.69) is 44.0 Å². The van der Waals surface area contributed by atoms with Gasteiger partial charge in [0.15, 0.2) is 0 Å². The Kier molecular flexibility index (Phi) is 5.28. The summed E-state index contributed by atoms with van der Waals surface area (Å²) in [6.07, 6.45) is 2.35. The number of hydrogen-bond donors (Lipinski definition) is 2. The Balaban J connectivity index is 2.12. The molecule has 1 aromatic rings. The summed E-state index contributed by atoms with van der Waals surface area (Å²) >= 11 is 0. The summed E-state index contributed by atoms with van der Waals surface area (Å²) in [7, 11) is 0. The molecule has 2 N–H and O–H groups in total. The Morgan fingerprint density at radius 3 is 2.81 bits per heavy atom. The minimum Gasteiger partial charge on any atom is -0.508 e. The fourth-order valence-corrected chi connectivity index (χ4v) is 3.21. The Bertz CT molecular complexity index is 460. The van der Waals surface area contributed by atoms with Crippen molar-refractivity contribution in [3.63, 3.8) is 0 Å². The van der Waals surface area contributed by atoms with Crippen molar-refractivity contribution in [3.05, 3.63) is 29.8 Å². The van der Waals surface area contributed by atoms with Crippen LogP contribution in [0.2, 0.25) is 0 Å². The highest BCUT2D eigenvalue weighted by atomic mass is 16.3. The smallest absolute Gasteiger partial charge is 0.115 e. The monoisotopic (exact) mass is 290 g/mol. The van der Waals surface area contributed by atoms with Gasteiger partial charge >= 0.3 is 0 Å². The molecule has 2 rings (SSSR count). The third-order valence-electron chi connectivity index (χ3n) is 4.65. The molecule has 0 aromatic heterocycles. The molecule has 21 heavy (non-hydrogen) atoms. The normalized spacial score (nSPS) is 27.2. The van der Waals surface area contributed by atoms with Crippen molar-refractivity contribution in [1.29, 1.82) is 0 Å². The van der Waals surface area contributed by atoms with E-state index in [9.17, 15) is 5.11 Å². The second-order valence-electron chi connectivity index (χ2n) is 7.15. The van der Waals surface area contributed by atoms with Gasteiger partial charge in [0, 0.05) is 31.2 Å². The highest BCUT2D eigenvalue weighted by Crippen LogP contribution is 2.25. The Labute approximate surface area is 129 Å². The van der Waals surface area contributed by atoms with Gasteiger partial charge in [-0.25, -0.2) is 0 Å². The quantitative estimate of drug-likeness (QED) is 0.872. The molecule has 2 unspecified atom stereocenters.